The third kappa shape index (κ3) is 7.64. The number of hydrogen-bond donors (Lipinski definition) is 1. The number of benzene rings is 3. The average molecular weight is 497 g/mol. The standard InChI is InChI=1S/C28H29ClO4S/c1-2-8-22-19-23(28(32)21-9-4-3-5-10-21)12-13-25(22)33-15-6-7-16-34-26-14-11-20(17-24(26)29)18-27(30)31/h3-5,9-14,17,19H,2,6-8,15-16,18H2,1H3,(H,30,31). The number of hydrogen-bond acceptors (Lipinski definition) is 4. The van der Waals surface area contributed by atoms with Gasteiger partial charge in [-0.2, -0.15) is 0 Å². The van der Waals surface area contributed by atoms with Crippen LogP contribution in [0.4, 0.5) is 0 Å². The van der Waals surface area contributed by atoms with Crippen LogP contribution in [0.25, 0.3) is 0 Å². The van der Waals surface area contributed by atoms with Crippen LogP contribution in [0, 0.1) is 0 Å². The lowest BCUT2D eigenvalue weighted by Crippen LogP contribution is -2.05. The summed E-state index contributed by atoms with van der Waals surface area (Å²) in [5.74, 6) is 0.900. The van der Waals surface area contributed by atoms with Crippen LogP contribution < -0.4 is 4.74 Å². The van der Waals surface area contributed by atoms with Crippen molar-refractivity contribution in [1.82, 2.24) is 0 Å². The number of halogens is 1. The first-order valence-electron chi connectivity index (χ1n) is 11.5. The summed E-state index contributed by atoms with van der Waals surface area (Å²) in [6, 6.07) is 20.5. The summed E-state index contributed by atoms with van der Waals surface area (Å²) < 4.78 is 6.06. The number of aliphatic carboxylic acids is 1. The van der Waals surface area contributed by atoms with E-state index in [0.29, 0.717) is 28.3 Å². The summed E-state index contributed by atoms with van der Waals surface area (Å²) in [7, 11) is 0. The van der Waals surface area contributed by atoms with Crippen molar-refractivity contribution in [3.8, 4) is 5.75 Å². The third-order valence-corrected chi connectivity index (χ3v) is 6.87. The Kier molecular flexibility index (Phi) is 10.0. The van der Waals surface area contributed by atoms with Gasteiger partial charge in [0, 0.05) is 16.0 Å². The minimum atomic E-state index is -0.865. The van der Waals surface area contributed by atoms with Crippen molar-refractivity contribution in [3.63, 3.8) is 0 Å². The Morgan fingerprint density at radius 3 is 2.47 bits per heavy atom. The second kappa shape index (κ2) is 13.2. The molecular formula is C28H29ClO4S. The molecule has 4 nitrogen and oxygen atoms in total. The summed E-state index contributed by atoms with van der Waals surface area (Å²) in [5, 5.41) is 9.48. The highest BCUT2D eigenvalue weighted by Crippen LogP contribution is 2.29. The largest absolute Gasteiger partial charge is 0.493 e. The van der Waals surface area contributed by atoms with Crippen LogP contribution in [0.2, 0.25) is 5.02 Å². The quantitative estimate of drug-likeness (QED) is 0.155. The van der Waals surface area contributed by atoms with Gasteiger partial charge < -0.3 is 9.84 Å². The number of carboxylic acids is 1. The molecule has 0 atom stereocenters. The van der Waals surface area contributed by atoms with Crippen LogP contribution >= 0.6 is 23.4 Å². The first kappa shape index (κ1) is 25.9. The fourth-order valence-corrected chi connectivity index (χ4v) is 4.89. The highest BCUT2D eigenvalue weighted by Gasteiger charge is 2.12. The molecular weight excluding hydrogens is 468 g/mol. The maximum absolute atomic E-state index is 12.8. The first-order chi connectivity index (χ1) is 16.5. The molecule has 0 aliphatic rings. The molecule has 0 saturated heterocycles. The number of aryl methyl sites for hydroxylation is 1. The van der Waals surface area contributed by atoms with Crippen molar-refractivity contribution < 1.29 is 19.4 Å². The molecule has 0 unspecified atom stereocenters. The van der Waals surface area contributed by atoms with Gasteiger partial charge in [-0.05, 0) is 66.5 Å². The van der Waals surface area contributed by atoms with Gasteiger partial charge in [-0.1, -0.05) is 61.3 Å². The van der Waals surface area contributed by atoms with E-state index < -0.39 is 5.97 Å². The molecule has 0 aromatic heterocycles. The van der Waals surface area contributed by atoms with Crippen molar-refractivity contribution in [1.29, 1.82) is 0 Å². The maximum atomic E-state index is 12.8. The molecule has 0 bridgehead atoms. The molecule has 3 aromatic rings. The number of ketones is 1. The highest BCUT2D eigenvalue weighted by atomic mass is 35.5. The zero-order valence-electron chi connectivity index (χ0n) is 19.3. The van der Waals surface area contributed by atoms with E-state index in [4.69, 9.17) is 21.4 Å². The van der Waals surface area contributed by atoms with E-state index in [0.717, 1.165) is 47.6 Å². The van der Waals surface area contributed by atoms with Crippen LogP contribution in [0.5, 0.6) is 5.75 Å². The molecule has 0 saturated carbocycles. The molecule has 6 heteroatoms. The van der Waals surface area contributed by atoms with Crippen molar-refractivity contribution in [2.24, 2.45) is 0 Å². The number of rotatable bonds is 13. The second-order valence-electron chi connectivity index (χ2n) is 8.01. The number of thioether (sulfide) groups is 1. The van der Waals surface area contributed by atoms with E-state index in [9.17, 15) is 9.59 Å². The number of carboxylic acid groups (broad SMARTS) is 1. The van der Waals surface area contributed by atoms with Crippen LogP contribution in [-0.2, 0) is 17.6 Å². The Morgan fingerprint density at radius 2 is 1.76 bits per heavy atom. The minimum absolute atomic E-state index is 0.0242. The van der Waals surface area contributed by atoms with Gasteiger partial charge in [-0.3, -0.25) is 9.59 Å². The van der Waals surface area contributed by atoms with E-state index in [1.807, 2.05) is 60.7 Å². The Bertz CT molecular complexity index is 1110. The van der Waals surface area contributed by atoms with Crippen molar-refractivity contribution in [2.75, 3.05) is 12.4 Å². The lowest BCUT2D eigenvalue weighted by molar-refractivity contribution is -0.136. The van der Waals surface area contributed by atoms with Gasteiger partial charge in [-0.25, -0.2) is 0 Å². The number of unbranched alkanes of at least 4 members (excludes halogenated alkanes) is 1. The lowest BCUT2D eigenvalue weighted by Gasteiger charge is -2.13. The van der Waals surface area contributed by atoms with Gasteiger partial charge in [0.1, 0.15) is 5.75 Å². The van der Waals surface area contributed by atoms with Crippen LogP contribution in [0.15, 0.2) is 71.6 Å². The zero-order chi connectivity index (χ0) is 24.3. The highest BCUT2D eigenvalue weighted by molar-refractivity contribution is 7.99. The molecule has 34 heavy (non-hydrogen) atoms. The molecule has 3 aromatic carbocycles. The Hall–Kier alpha value is -2.76. The molecule has 0 heterocycles. The fourth-order valence-electron chi connectivity index (χ4n) is 3.60. The fraction of sp³-hybridized carbons (Fsp3) is 0.286. The van der Waals surface area contributed by atoms with Gasteiger partial charge in [0.25, 0.3) is 0 Å². The zero-order valence-corrected chi connectivity index (χ0v) is 20.8. The summed E-state index contributed by atoms with van der Waals surface area (Å²) >= 11 is 7.95. The molecule has 0 aliphatic carbocycles. The number of carbonyl (C=O) groups excluding carboxylic acids is 1. The number of ether oxygens (including phenoxy) is 1. The summed E-state index contributed by atoms with van der Waals surface area (Å²) in [6.45, 7) is 2.72. The molecule has 1 N–H and O–H groups in total. The van der Waals surface area contributed by atoms with Crippen LogP contribution in [-0.4, -0.2) is 29.2 Å². The van der Waals surface area contributed by atoms with Gasteiger partial charge in [-0.15, -0.1) is 11.8 Å². The maximum Gasteiger partial charge on any atom is 0.307 e. The van der Waals surface area contributed by atoms with Gasteiger partial charge in [0.2, 0.25) is 0 Å². The third-order valence-electron chi connectivity index (χ3n) is 5.28. The molecule has 0 radical (unpaired) electrons. The Labute approximate surface area is 210 Å². The molecule has 0 amide bonds. The predicted octanol–water partition coefficient (Wildman–Crippen LogP) is 7.10. The SMILES string of the molecule is CCCc1cc(C(=O)c2ccccc2)ccc1OCCCCSc1ccc(CC(=O)O)cc1Cl. The Balaban J connectivity index is 1.49. The summed E-state index contributed by atoms with van der Waals surface area (Å²) in [6.07, 6.45) is 3.67. The van der Waals surface area contributed by atoms with Crippen molar-refractivity contribution in [2.45, 2.75) is 43.9 Å². The van der Waals surface area contributed by atoms with E-state index in [-0.39, 0.29) is 12.2 Å². The molecule has 0 aliphatic heterocycles. The normalized spacial score (nSPS) is 10.8. The molecule has 178 valence electrons. The molecule has 0 spiro atoms. The lowest BCUT2D eigenvalue weighted by atomic mass is 9.99. The van der Waals surface area contributed by atoms with E-state index in [1.54, 1.807) is 17.8 Å². The summed E-state index contributed by atoms with van der Waals surface area (Å²) in [5.41, 5.74) is 3.14. The van der Waals surface area contributed by atoms with Crippen molar-refractivity contribution >= 4 is 35.1 Å². The second-order valence-corrected chi connectivity index (χ2v) is 9.55. The smallest absolute Gasteiger partial charge is 0.307 e. The average Bonchev–Trinajstić information content (AvgIpc) is 2.83. The Morgan fingerprint density at radius 1 is 0.971 bits per heavy atom. The summed E-state index contributed by atoms with van der Waals surface area (Å²) in [4.78, 5) is 24.6. The molecule has 3 rings (SSSR count). The van der Waals surface area contributed by atoms with E-state index >= 15 is 0 Å². The minimum Gasteiger partial charge on any atom is -0.493 e. The molecule has 0 fully saturated rings. The van der Waals surface area contributed by atoms with E-state index in [1.165, 1.54) is 0 Å². The van der Waals surface area contributed by atoms with Crippen molar-refractivity contribution in [3.05, 3.63) is 94.0 Å². The monoisotopic (exact) mass is 496 g/mol. The van der Waals surface area contributed by atoms with E-state index in [2.05, 4.69) is 6.92 Å². The van der Waals surface area contributed by atoms with Crippen LogP contribution in [0.1, 0.15) is 53.2 Å². The topological polar surface area (TPSA) is 63.6 Å². The van der Waals surface area contributed by atoms with Gasteiger partial charge >= 0.3 is 5.97 Å². The van der Waals surface area contributed by atoms with Gasteiger partial charge in [0.15, 0.2) is 5.78 Å². The predicted molar refractivity (Wildman–Crippen MR) is 139 cm³/mol. The van der Waals surface area contributed by atoms with Gasteiger partial charge in [0.05, 0.1) is 18.1 Å². The first-order valence-corrected chi connectivity index (χ1v) is 12.8. The number of carbonyl (C=O) groups is 2. The van der Waals surface area contributed by atoms with Crippen LogP contribution in [0.3, 0.4) is 0 Å².